The summed E-state index contributed by atoms with van der Waals surface area (Å²) in [7, 11) is 0. The molecular formula is C18H36ClNO. The second-order valence-corrected chi connectivity index (χ2v) is 7.39. The number of halogens is 1. The van der Waals surface area contributed by atoms with Crippen molar-refractivity contribution in [2.75, 3.05) is 0 Å². The van der Waals surface area contributed by atoms with Crippen LogP contribution in [0.4, 0.5) is 0 Å². The molecular weight excluding hydrogens is 282 g/mol. The van der Waals surface area contributed by atoms with E-state index in [-0.39, 0.29) is 24.6 Å². The quantitative estimate of drug-likeness (QED) is 0.707. The van der Waals surface area contributed by atoms with Crippen molar-refractivity contribution in [2.24, 2.45) is 17.6 Å². The van der Waals surface area contributed by atoms with Crippen LogP contribution in [0.2, 0.25) is 0 Å². The Balaban J connectivity index is 0.00000220. The Bertz CT molecular complexity index is 250. The lowest BCUT2D eigenvalue weighted by Crippen LogP contribution is -2.35. The number of nitrogens with two attached hydrogens (primary N) is 1. The van der Waals surface area contributed by atoms with E-state index in [1.165, 1.54) is 77.0 Å². The molecule has 2 rings (SSSR count). The van der Waals surface area contributed by atoms with Crippen LogP contribution in [0, 0.1) is 11.8 Å². The predicted molar refractivity (Wildman–Crippen MR) is 92.8 cm³/mol. The van der Waals surface area contributed by atoms with Crippen LogP contribution in [-0.4, -0.2) is 17.3 Å². The van der Waals surface area contributed by atoms with Gasteiger partial charge in [-0.15, -0.1) is 12.4 Å². The zero-order valence-electron chi connectivity index (χ0n) is 13.6. The first kappa shape index (κ1) is 19.3. The number of rotatable bonds is 7. The molecule has 0 bridgehead atoms. The van der Waals surface area contributed by atoms with Gasteiger partial charge in [-0.3, -0.25) is 0 Å². The van der Waals surface area contributed by atoms with Crippen molar-refractivity contribution in [3.05, 3.63) is 0 Å². The molecule has 2 saturated carbocycles. The molecule has 126 valence electrons. The average Bonchev–Trinajstić information content (AvgIpc) is 2.49. The zero-order chi connectivity index (χ0) is 14.2. The van der Waals surface area contributed by atoms with Gasteiger partial charge in [-0.1, -0.05) is 64.2 Å². The summed E-state index contributed by atoms with van der Waals surface area (Å²) in [4.78, 5) is 0. The number of aliphatic hydroxyl groups is 1. The molecule has 2 aliphatic carbocycles. The summed E-state index contributed by atoms with van der Waals surface area (Å²) in [6.45, 7) is 0. The van der Waals surface area contributed by atoms with Crippen molar-refractivity contribution in [3.8, 4) is 0 Å². The van der Waals surface area contributed by atoms with Crippen LogP contribution >= 0.6 is 12.4 Å². The Morgan fingerprint density at radius 1 is 0.905 bits per heavy atom. The van der Waals surface area contributed by atoms with E-state index in [1.807, 2.05) is 0 Å². The van der Waals surface area contributed by atoms with Crippen LogP contribution in [0.1, 0.15) is 89.9 Å². The number of hydrogen-bond donors (Lipinski definition) is 2. The van der Waals surface area contributed by atoms with Crippen LogP contribution < -0.4 is 5.73 Å². The van der Waals surface area contributed by atoms with E-state index in [4.69, 9.17) is 5.73 Å². The van der Waals surface area contributed by atoms with Gasteiger partial charge in [-0.05, 0) is 37.5 Å². The molecule has 0 aromatic heterocycles. The van der Waals surface area contributed by atoms with E-state index in [2.05, 4.69) is 0 Å². The molecule has 2 nitrogen and oxygen atoms in total. The standard InChI is InChI=1S/C18H35NO.ClH/c19-18(16-11-5-2-6-12-16)14-17(20)13-7-10-15-8-3-1-4-9-15;/h15-18,20H,1-14,19H2;1H. The fraction of sp³-hybridized carbons (Fsp3) is 1.00. The highest BCUT2D eigenvalue weighted by Gasteiger charge is 2.22. The molecule has 21 heavy (non-hydrogen) atoms. The third-order valence-electron chi connectivity index (χ3n) is 5.67. The zero-order valence-corrected chi connectivity index (χ0v) is 14.5. The van der Waals surface area contributed by atoms with E-state index in [0.717, 1.165) is 18.8 Å². The van der Waals surface area contributed by atoms with Crippen LogP contribution in [0.3, 0.4) is 0 Å². The molecule has 2 aliphatic rings. The van der Waals surface area contributed by atoms with Crippen molar-refractivity contribution in [1.29, 1.82) is 0 Å². The van der Waals surface area contributed by atoms with E-state index < -0.39 is 0 Å². The van der Waals surface area contributed by atoms with Crippen molar-refractivity contribution in [2.45, 2.75) is 102 Å². The lowest BCUT2D eigenvalue weighted by Gasteiger charge is -2.29. The Morgan fingerprint density at radius 2 is 1.48 bits per heavy atom. The van der Waals surface area contributed by atoms with Gasteiger partial charge in [0, 0.05) is 6.04 Å². The van der Waals surface area contributed by atoms with E-state index in [1.54, 1.807) is 0 Å². The van der Waals surface area contributed by atoms with Gasteiger partial charge in [0.1, 0.15) is 0 Å². The molecule has 0 aromatic rings. The van der Waals surface area contributed by atoms with Crippen LogP contribution in [0.5, 0.6) is 0 Å². The third kappa shape index (κ3) is 7.34. The first-order valence-corrected chi connectivity index (χ1v) is 9.19. The first-order chi connectivity index (χ1) is 9.75. The van der Waals surface area contributed by atoms with E-state index in [0.29, 0.717) is 5.92 Å². The maximum absolute atomic E-state index is 10.2. The number of hydrogen-bond acceptors (Lipinski definition) is 2. The van der Waals surface area contributed by atoms with Crippen molar-refractivity contribution in [3.63, 3.8) is 0 Å². The van der Waals surface area contributed by atoms with Crippen molar-refractivity contribution >= 4 is 12.4 Å². The Kier molecular flexibility index (Phi) is 9.96. The van der Waals surface area contributed by atoms with Crippen LogP contribution in [0.25, 0.3) is 0 Å². The van der Waals surface area contributed by atoms with Crippen molar-refractivity contribution in [1.82, 2.24) is 0 Å². The molecule has 0 saturated heterocycles. The van der Waals surface area contributed by atoms with Crippen molar-refractivity contribution < 1.29 is 5.11 Å². The summed E-state index contributed by atoms with van der Waals surface area (Å²) in [6, 6.07) is 0.236. The minimum absolute atomic E-state index is 0. The van der Waals surface area contributed by atoms with Gasteiger partial charge in [0.25, 0.3) is 0 Å². The molecule has 0 spiro atoms. The molecule has 2 fully saturated rings. The van der Waals surface area contributed by atoms with Gasteiger partial charge in [-0.25, -0.2) is 0 Å². The highest BCUT2D eigenvalue weighted by Crippen LogP contribution is 2.29. The predicted octanol–water partition coefficient (Wildman–Crippen LogP) is 4.82. The molecule has 3 heteroatoms. The van der Waals surface area contributed by atoms with Crippen LogP contribution in [-0.2, 0) is 0 Å². The largest absolute Gasteiger partial charge is 0.393 e. The summed E-state index contributed by atoms with van der Waals surface area (Å²) in [5.41, 5.74) is 6.30. The molecule has 0 aliphatic heterocycles. The maximum atomic E-state index is 10.2. The van der Waals surface area contributed by atoms with Gasteiger partial charge in [0.2, 0.25) is 0 Å². The molecule has 3 N–H and O–H groups in total. The summed E-state index contributed by atoms with van der Waals surface area (Å²) in [5, 5.41) is 10.2. The molecule has 0 heterocycles. The Hall–Kier alpha value is 0.210. The van der Waals surface area contributed by atoms with Gasteiger partial charge in [-0.2, -0.15) is 0 Å². The summed E-state index contributed by atoms with van der Waals surface area (Å²) in [6.07, 6.45) is 18.0. The molecule has 0 radical (unpaired) electrons. The fourth-order valence-corrected chi connectivity index (χ4v) is 4.30. The van der Waals surface area contributed by atoms with E-state index in [9.17, 15) is 5.11 Å². The monoisotopic (exact) mass is 317 g/mol. The smallest absolute Gasteiger partial charge is 0.0555 e. The fourth-order valence-electron chi connectivity index (χ4n) is 4.30. The van der Waals surface area contributed by atoms with Gasteiger partial charge in [0.15, 0.2) is 0 Å². The number of aliphatic hydroxyl groups excluding tert-OH is 1. The first-order valence-electron chi connectivity index (χ1n) is 9.19. The SMILES string of the molecule is Cl.NC(CC(O)CCCC1CCCCC1)C1CCCCC1. The summed E-state index contributed by atoms with van der Waals surface area (Å²) in [5.74, 6) is 1.62. The van der Waals surface area contributed by atoms with Gasteiger partial charge in [0.05, 0.1) is 6.10 Å². The topological polar surface area (TPSA) is 46.2 Å². The maximum Gasteiger partial charge on any atom is 0.0555 e. The minimum atomic E-state index is -0.157. The van der Waals surface area contributed by atoms with E-state index >= 15 is 0 Å². The van der Waals surface area contributed by atoms with Gasteiger partial charge >= 0.3 is 0 Å². The highest BCUT2D eigenvalue weighted by atomic mass is 35.5. The second kappa shape index (κ2) is 10.9. The Labute approximate surface area is 137 Å². The minimum Gasteiger partial charge on any atom is -0.393 e. The lowest BCUT2D eigenvalue weighted by molar-refractivity contribution is 0.124. The van der Waals surface area contributed by atoms with Gasteiger partial charge < -0.3 is 10.8 Å². The summed E-state index contributed by atoms with van der Waals surface area (Å²) >= 11 is 0. The molecule has 2 unspecified atom stereocenters. The molecule has 0 aromatic carbocycles. The molecule has 2 atom stereocenters. The third-order valence-corrected chi connectivity index (χ3v) is 5.67. The second-order valence-electron chi connectivity index (χ2n) is 7.39. The lowest BCUT2D eigenvalue weighted by atomic mass is 9.81. The van der Waals surface area contributed by atoms with Crippen LogP contribution in [0.15, 0.2) is 0 Å². The summed E-state index contributed by atoms with van der Waals surface area (Å²) < 4.78 is 0. The normalized spacial score (nSPS) is 24.3. The molecule has 0 amide bonds. The Morgan fingerprint density at radius 3 is 2.10 bits per heavy atom. The highest BCUT2D eigenvalue weighted by molar-refractivity contribution is 5.85. The average molecular weight is 318 g/mol.